The molecule has 20 heavy (non-hydrogen) atoms. The standard InChI is InChI=1S/C15H26N4O/c1-11(2)19(4)9-5-8-18-14-10-12(15(20)17-3)6-7-13(14)16/h6-7,10-11,18H,5,8-9,16H2,1-4H3,(H,17,20). The molecule has 0 saturated carbocycles. The molecule has 0 bridgehead atoms. The van der Waals surface area contributed by atoms with Gasteiger partial charge in [-0.15, -0.1) is 0 Å². The van der Waals surface area contributed by atoms with Gasteiger partial charge in [0.15, 0.2) is 0 Å². The minimum Gasteiger partial charge on any atom is -0.397 e. The molecule has 0 saturated heterocycles. The van der Waals surface area contributed by atoms with Gasteiger partial charge < -0.3 is 21.3 Å². The molecule has 0 heterocycles. The van der Waals surface area contributed by atoms with Gasteiger partial charge in [0.25, 0.3) is 5.91 Å². The fraction of sp³-hybridized carbons (Fsp3) is 0.533. The molecule has 0 spiro atoms. The molecule has 1 aromatic carbocycles. The third-order valence-electron chi connectivity index (χ3n) is 3.43. The van der Waals surface area contributed by atoms with Crippen molar-refractivity contribution in [3.05, 3.63) is 23.8 Å². The summed E-state index contributed by atoms with van der Waals surface area (Å²) in [6, 6.07) is 5.83. The molecule has 1 aromatic rings. The number of nitrogens with one attached hydrogen (secondary N) is 2. The molecule has 1 rings (SSSR count). The summed E-state index contributed by atoms with van der Waals surface area (Å²) in [6.45, 7) is 6.22. The number of hydrogen-bond acceptors (Lipinski definition) is 4. The second kappa shape index (κ2) is 7.75. The van der Waals surface area contributed by atoms with Crippen LogP contribution in [0.2, 0.25) is 0 Å². The molecule has 0 aliphatic heterocycles. The first-order chi connectivity index (χ1) is 9.45. The van der Waals surface area contributed by atoms with Gasteiger partial charge in [-0.1, -0.05) is 0 Å². The molecule has 0 aliphatic carbocycles. The van der Waals surface area contributed by atoms with E-state index < -0.39 is 0 Å². The Hall–Kier alpha value is -1.75. The average Bonchev–Trinajstić information content (AvgIpc) is 2.43. The Morgan fingerprint density at radius 3 is 2.70 bits per heavy atom. The van der Waals surface area contributed by atoms with Crippen LogP contribution in [0.25, 0.3) is 0 Å². The minimum atomic E-state index is -0.104. The summed E-state index contributed by atoms with van der Waals surface area (Å²) in [5.41, 5.74) is 8.01. The lowest BCUT2D eigenvalue weighted by Gasteiger charge is -2.21. The molecule has 0 fully saturated rings. The fourth-order valence-corrected chi connectivity index (χ4v) is 1.80. The monoisotopic (exact) mass is 278 g/mol. The Kier molecular flexibility index (Phi) is 6.31. The summed E-state index contributed by atoms with van der Waals surface area (Å²) in [7, 11) is 3.73. The van der Waals surface area contributed by atoms with Crippen LogP contribution in [0.3, 0.4) is 0 Å². The largest absolute Gasteiger partial charge is 0.397 e. The molecule has 0 aromatic heterocycles. The van der Waals surface area contributed by atoms with Gasteiger partial charge in [0, 0.05) is 25.2 Å². The van der Waals surface area contributed by atoms with Gasteiger partial charge in [0.05, 0.1) is 11.4 Å². The van der Waals surface area contributed by atoms with Gasteiger partial charge in [-0.05, 0) is 52.1 Å². The molecule has 0 atom stereocenters. The fourth-order valence-electron chi connectivity index (χ4n) is 1.80. The maximum Gasteiger partial charge on any atom is 0.251 e. The Morgan fingerprint density at radius 1 is 1.40 bits per heavy atom. The first kappa shape index (κ1) is 16.3. The van der Waals surface area contributed by atoms with Crippen LogP contribution in [0.4, 0.5) is 11.4 Å². The van der Waals surface area contributed by atoms with Crippen molar-refractivity contribution in [2.45, 2.75) is 26.3 Å². The molecule has 5 heteroatoms. The Balaban J connectivity index is 2.53. The van der Waals surface area contributed by atoms with Crippen molar-refractivity contribution in [3.8, 4) is 0 Å². The summed E-state index contributed by atoms with van der Waals surface area (Å²) in [5.74, 6) is -0.104. The maximum absolute atomic E-state index is 11.6. The van der Waals surface area contributed by atoms with Crippen molar-refractivity contribution in [3.63, 3.8) is 0 Å². The van der Waals surface area contributed by atoms with E-state index >= 15 is 0 Å². The zero-order valence-corrected chi connectivity index (χ0v) is 12.9. The minimum absolute atomic E-state index is 0.104. The zero-order valence-electron chi connectivity index (χ0n) is 12.9. The molecular formula is C15H26N4O. The van der Waals surface area contributed by atoms with E-state index in [9.17, 15) is 4.79 Å². The number of anilines is 2. The van der Waals surface area contributed by atoms with Gasteiger partial charge in [0.1, 0.15) is 0 Å². The summed E-state index contributed by atoms with van der Waals surface area (Å²) >= 11 is 0. The van der Waals surface area contributed by atoms with Gasteiger partial charge >= 0.3 is 0 Å². The molecule has 5 nitrogen and oxygen atoms in total. The van der Waals surface area contributed by atoms with E-state index in [1.807, 2.05) is 0 Å². The number of nitrogens with zero attached hydrogens (tertiary/aromatic N) is 1. The number of amides is 1. The number of carbonyl (C=O) groups is 1. The van der Waals surface area contributed by atoms with Crippen LogP contribution in [0, 0.1) is 0 Å². The first-order valence-electron chi connectivity index (χ1n) is 7.01. The normalized spacial score (nSPS) is 10.9. The third-order valence-corrected chi connectivity index (χ3v) is 3.43. The van der Waals surface area contributed by atoms with E-state index in [0.29, 0.717) is 17.3 Å². The van der Waals surface area contributed by atoms with Crippen molar-refractivity contribution in [2.24, 2.45) is 0 Å². The predicted molar refractivity (Wildman–Crippen MR) is 85.1 cm³/mol. The topological polar surface area (TPSA) is 70.4 Å². The lowest BCUT2D eigenvalue weighted by atomic mass is 10.1. The van der Waals surface area contributed by atoms with E-state index in [1.165, 1.54) is 0 Å². The van der Waals surface area contributed by atoms with Crippen LogP contribution >= 0.6 is 0 Å². The Bertz CT molecular complexity index is 445. The predicted octanol–water partition coefficient (Wildman–Crippen LogP) is 1.77. The van der Waals surface area contributed by atoms with Crippen molar-refractivity contribution in [2.75, 3.05) is 38.2 Å². The van der Waals surface area contributed by atoms with Gasteiger partial charge in [-0.2, -0.15) is 0 Å². The SMILES string of the molecule is CNC(=O)c1ccc(N)c(NCCCN(C)C(C)C)c1. The van der Waals surface area contributed by atoms with Crippen LogP contribution in [0.15, 0.2) is 18.2 Å². The highest BCUT2D eigenvalue weighted by molar-refractivity contribution is 5.96. The molecule has 0 aliphatic rings. The number of nitrogen functional groups attached to an aromatic ring is 1. The molecular weight excluding hydrogens is 252 g/mol. The highest BCUT2D eigenvalue weighted by atomic mass is 16.1. The smallest absolute Gasteiger partial charge is 0.251 e. The highest BCUT2D eigenvalue weighted by Gasteiger charge is 2.07. The highest BCUT2D eigenvalue weighted by Crippen LogP contribution is 2.20. The van der Waals surface area contributed by atoms with Crippen molar-refractivity contribution < 1.29 is 4.79 Å². The molecule has 1 amide bonds. The van der Waals surface area contributed by atoms with Crippen molar-refractivity contribution in [1.29, 1.82) is 0 Å². The number of benzene rings is 1. The Labute approximate surface area is 121 Å². The Morgan fingerprint density at radius 2 is 2.10 bits per heavy atom. The second-order valence-corrected chi connectivity index (χ2v) is 5.24. The van der Waals surface area contributed by atoms with Crippen LogP contribution in [-0.4, -0.2) is 44.0 Å². The van der Waals surface area contributed by atoms with E-state index in [0.717, 1.165) is 25.2 Å². The molecule has 0 unspecified atom stereocenters. The number of carbonyl (C=O) groups excluding carboxylic acids is 1. The summed E-state index contributed by atoms with van der Waals surface area (Å²) < 4.78 is 0. The van der Waals surface area contributed by atoms with E-state index in [4.69, 9.17) is 5.73 Å². The lowest BCUT2D eigenvalue weighted by molar-refractivity contribution is 0.0963. The van der Waals surface area contributed by atoms with E-state index in [1.54, 1.807) is 25.2 Å². The van der Waals surface area contributed by atoms with Gasteiger partial charge in [-0.25, -0.2) is 0 Å². The molecule has 112 valence electrons. The third kappa shape index (κ3) is 4.74. The van der Waals surface area contributed by atoms with E-state index in [-0.39, 0.29) is 5.91 Å². The van der Waals surface area contributed by atoms with Gasteiger partial charge in [-0.3, -0.25) is 4.79 Å². The quantitative estimate of drug-likeness (QED) is 0.525. The second-order valence-electron chi connectivity index (χ2n) is 5.24. The lowest BCUT2D eigenvalue weighted by Crippen LogP contribution is -2.28. The number of hydrogen-bond donors (Lipinski definition) is 3. The van der Waals surface area contributed by atoms with Crippen molar-refractivity contribution >= 4 is 17.3 Å². The molecule has 4 N–H and O–H groups in total. The van der Waals surface area contributed by atoms with Crippen LogP contribution < -0.4 is 16.4 Å². The summed E-state index contributed by atoms with van der Waals surface area (Å²) in [4.78, 5) is 13.9. The van der Waals surface area contributed by atoms with Gasteiger partial charge in [0.2, 0.25) is 0 Å². The number of rotatable bonds is 7. The maximum atomic E-state index is 11.6. The molecule has 0 radical (unpaired) electrons. The van der Waals surface area contributed by atoms with E-state index in [2.05, 4.69) is 36.4 Å². The zero-order chi connectivity index (χ0) is 15.1. The van der Waals surface area contributed by atoms with Crippen molar-refractivity contribution in [1.82, 2.24) is 10.2 Å². The van der Waals surface area contributed by atoms with Crippen LogP contribution in [0.5, 0.6) is 0 Å². The summed E-state index contributed by atoms with van der Waals surface area (Å²) in [6.07, 6.45) is 1.03. The summed E-state index contributed by atoms with van der Waals surface area (Å²) in [5, 5.41) is 5.90. The van der Waals surface area contributed by atoms with Crippen LogP contribution in [-0.2, 0) is 0 Å². The first-order valence-corrected chi connectivity index (χ1v) is 7.01. The van der Waals surface area contributed by atoms with Crippen LogP contribution in [0.1, 0.15) is 30.6 Å². The average molecular weight is 278 g/mol. The number of nitrogens with two attached hydrogens (primary N) is 1.